The van der Waals surface area contributed by atoms with Crippen LogP contribution in [-0.4, -0.2) is 11.4 Å². The third-order valence-electron chi connectivity index (χ3n) is 2.73. The molecule has 0 spiro atoms. The number of hydrogen-bond donors (Lipinski definition) is 0. The average molecular weight is 193 g/mol. The van der Waals surface area contributed by atoms with Gasteiger partial charge in [0, 0.05) is 12.0 Å². The number of aldehydes is 1. The number of nitrogens with zero attached hydrogens (tertiary/aromatic N) is 1. The van der Waals surface area contributed by atoms with Crippen LogP contribution in [0.25, 0.3) is 0 Å². The van der Waals surface area contributed by atoms with Gasteiger partial charge < -0.3 is 9.32 Å². The van der Waals surface area contributed by atoms with E-state index in [0.29, 0.717) is 11.8 Å². The summed E-state index contributed by atoms with van der Waals surface area (Å²) >= 11 is 0. The van der Waals surface area contributed by atoms with E-state index in [1.165, 1.54) is 0 Å². The predicted molar refractivity (Wildman–Crippen MR) is 52.1 cm³/mol. The molecule has 0 aromatic carbocycles. The van der Waals surface area contributed by atoms with Gasteiger partial charge in [0.1, 0.15) is 12.0 Å². The van der Waals surface area contributed by atoms with Crippen molar-refractivity contribution < 1.29 is 9.32 Å². The molecule has 0 aliphatic heterocycles. The van der Waals surface area contributed by atoms with Gasteiger partial charge in [0.15, 0.2) is 0 Å². The van der Waals surface area contributed by atoms with E-state index >= 15 is 0 Å². The van der Waals surface area contributed by atoms with E-state index < -0.39 is 0 Å². The van der Waals surface area contributed by atoms with E-state index in [1.807, 2.05) is 6.07 Å². The number of hydrogen-bond acceptors (Lipinski definition) is 3. The highest BCUT2D eigenvalue weighted by Gasteiger charge is 2.34. The predicted octanol–water partition coefficient (Wildman–Crippen LogP) is 2.49. The number of carbonyl (C=O) groups excluding carboxylic acids is 1. The van der Waals surface area contributed by atoms with Crippen molar-refractivity contribution in [1.29, 1.82) is 0 Å². The fourth-order valence-electron chi connectivity index (χ4n) is 1.61. The molecule has 1 unspecified atom stereocenters. The van der Waals surface area contributed by atoms with Gasteiger partial charge in [-0.25, -0.2) is 0 Å². The largest absolute Gasteiger partial charge is 0.361 e. The Bertz CT molecular complexity index is 326. The lowest BCUT2D eigenvalue weighted by atomic mass is 10.0. The van der Waals surface area contributed by atoms with E-state index in [2.05, 4.69) is 19.0 Å². The Morgan fingerprint density at radius 2 is 2.29 bits per heavy atom. The molecule has 1 heterocycles. The van der Waals surface area contributed by atoms with Gasteiger partial charge in [-0.15, -0.1) is 0 Å². The highest BCUT2D eigenvalue weighted by atomic mass is 16.5. The van der Waals surface area contributed by atoms with E-state index in [0.717, 1.165) is 30.6 Å². The molecule has 0 amide bonds. The van der Waals surface area contributed by atoms with Crippen LogP contribution in [-0.2, 0) is 4.79 Å². The van der Waals surface area contributed by atoms with Crippen LogP contribution >= 0.6 is 0 Å². The Hall–Kier alpha value is -1.12. The number of rotatable bonds is 4. The normalized spacial score (nSPS) is 18.5. The Morgan fingerprint density at radius 3 is 2.71 bits per heavy atom. The van der Waals surface area contributed by atoms with E-state index in [-0.39, 0.29) is 5.92 Å². The average Bonchev–Trinajstić information content (AvgIpc) is 2.84. The minimum atomic E-state index is -0.0359. The van der Waals surface area contributed by atoms with Crippen molar-refractivity contribution in [3.8, 4) is 0 Å². The van der Waals surface area contributed by atoms with Crippen LogP contribution in [0.1, 0.15) is 50.0 Å². The lowest BCUT2D eigenvalue weighted by molar-refractivity contribution is -0.109. The summed E-state index contributed by atoms with van der Waals surface area (Å²) in [6, 6.07) is 1.92. The molecule has 1 fully saturated rings. The molecule has 1 aromatic heterocycles. The maximum Gasteiger partial charge on any atom is 0.139 e. The van der Waals surface area contributed by atoms with Crippen molar-refractivity contribution in [3.63, 3.8) is 0 Å². The first-order chi connectivity index (χ1) is 6.72. The summed E-state index contributed by atoms with van der Waals surface area (Å²) in [7, 11) is 0. The Balaban J connectivity index is 2.17. The standard InChI is InChI=1S/C11H15NO2/c1-7(2)11-5-10(12-14-11)9(6-13)8-3-4-8/h5-9H,3-4H2,1-2H3. The summed E-state index contributed by atoms with van der Waals surface area (Å²) in [5.41, 5.74) is 0.811. The molecular weight excluding hydrogens is 178 g/mol. The summed E-state index contributed by atoms with van der Waals surface area (Å²) in [6.07, 6.45) is 3.29. The molecule has 1 aromatic rings. The van der Waals surface area contributed by atoms with Crippen molar-refractivity contribution in [1.82, 2.24) is 5.16 Å². The first kappa shape index (κ1) is 9.44. The maximum atomic E-state index is 10.9. The summed E-state index contributed by atoms with van der Waals surface area (Å²) in [5.74, 6) is 1.68. The monoisotopic (exact) mass is 193 g/mol. The molecule has 0 N–H and O–H groups in total. The Labute approximate surface area is 83.5 Å². The third kappa shape index (κ3) is 1.72. The minimum absolute atomic E-state index is 0.0359. The molecule has 0 saturated heterocycles. The molecule has 0 bridgehead atoms. The van der Waals surface area contributed by atoms with Crippen molar-refractivity contribution in [3.05, 3.63) is 17.5 Å². The van der Waals surface area contributed by atoms with E-state index in [9.17, 15) is 4.79 Å². The molecule has 1 atom stereocenters. The highest BCUT2D eigenvalue weighted by molar-refractivity contribution is 5.62. The van der Waals surface area contributed by atoms with Crippen LogP contribution in [0.5, 0.6) is 0 Å². The molecule has 76 valence electrons. The summed E-state index contributed by atoms with van der Waals surface area (Å²) in [6.45, 7) is 4.11. The van der Waals surface area contributed by atoms with Crippen LogP contribution in [0.3, 0.4) is 0 Å². The second-order valence-corrected chi connectivity index (χ2v) is 4.31. The Morgan fingerprint density at radius 1 is 1.57 bits per heavy atom. The third-order valence-corrected chi connectivity index (χ3v) is 2.73. The van der Waals surface area contributed by atoms with Crippen molar-refractivity contribution >= 4 is 6.29 Å². The molecular formula is C11H15NO2. The maximum absolute atomic E-state index is 10.9. The Kier molecular flexibility index (Phi) is 2.40. The van der Waals surface area contributed by atoms with Gasteiger partial charge in [0.25, 0.3) is 0 Å². The summed E-state index contributed by atoms with van der Waals surface area (Å²) in [4.78, 5) is 10.9. The number of carbonyl (C=O) groups is 1. The lowest BCUT2D eigenvalue weighted by Gasteiger charge is -2.01. The smallest absolute Gasteiger partial charge is 0.139 e. The SMILES string of the molecule is CC(C)c1cc(C(C=O)C2CC2)no1. The molecule has 1 aliphatic rings. The van der Waals surface area contributed by atoms with Gasteiger partial charge in [-0.1, -0.05) is 19.0 Å². The topological polar surface area (TPSA) is 43.1 Å². The first-order valence-electron chi connectivity index (χ1n) is 5.14. The second-order valence-electron chi connectivity index (χ2n) is 4.31. The lowest BCUT2D eigenvalue weighted by Crippen LogP contribution is -2.02. The molecule has 3 nitrogen and oxygen atoms in total. The van der Waals surface area contributed by atoms with Crippen LogP contribution in [0.4, 0.5) is 0 Å². The van der Waals surface area contributed by atoms with Gasteiger partial charge in [-0.05, 0) is 18.8 Å². The minimum Gasteiger partial charge on any atom is -0.361 e. The van der Waals surface area contributed by atoms with Gasteiger partial charge in [-0.3, -0.25) is 0 Å². The zero-order valence-corrected chi connectivity index (χ0v) is 8.56. The van der Waals surface area contributed by atoms with Crippen molar-refractivity contribution in [2.75, 3.05) is 0 Å². The molecule has 1 aliphatic carbocycles. The highest BCUT2D eigenvalue weighted by Crippen LogP contribution is 2.41. The van der Waals surface area contributed by atoms with E-state index in [1.54, 1.807) is 0 Å². The summed E-state index contributed by atoms with van der Waals surface area (Å²) < 4.78 is 5.18. The van der Waals surface area contributed by atoms with E-state index in [4.69, 9.17) is 4.52 Å². The fraction of sp³-hybridized carbons (Fsp3) is 0.636. The van der Waals surface area contributed by atoms with Gasteiger partial charge >= 0.3 is 0 Å². The van der Waals surface area contributed by atoms with Crippen LogP contribution < -0.4 is 0 Å². The number of aromatic nitrogens is 1. The van der Waals surface area contributed by atoms with Gasteiger partial charge in [0.2, 0.25) is 0 Å². The zero-order valence-electron chi connectivity index (χ0n) is 8.56. The van der Waals surface area contributed by atoms with Crippen molar-refractivity contribution in [2.24, 2.45) is 5.92 Å². The first-order valence-corrected chi connectivity index (χ1v) is 5.14. The molecule has 1 saturated carbocycles. The summed E-state index contributed by atoms with van der Waals surface area (Å²) in [5, 5.41) is 3.96. The molecule has 0 radical (unpaired) electrons. The van der Waals surface area contributed by atoms with Crippen LogP contribution in [0.15, 0.2) is 10.6 Å². The fourth-order valence-corrected chi connectivity index (χ4v) is 1.61. The molecule has 2 rings (SSSR count). The van der Waals surface area contributed by atoms with Crippen LogP contribution in [0, 0.1) is 5.92 Å². The van der Waals surface area contributed by atoms with Gasteiger partial charge in [0.05, 0.1) is 11.6 Å². The molecule has 3 heteroatoms. The van der Waals surface area contributed by atoms with Gasteiger partial charge in [-0.2, -0.15) is 0 Å². The zero-order chi connectivity index (χ0) is 10.1. The van der Waals surface area contributed by atoms with Crippen LogP contribution in [0.2, 0.25) is 0 Å². The second kappa shape index (κ2) is 3.56. The van der Waals surface area contributed by atoms with Crippen molar-refractivity contribution in [2.45, 2.75) is 38.5 Å². The molecule has 14 heavy (non-hydrogen) atoms. The quantitative estimate of drug-likeness (QED) is 0.690.